The van der Waals surface area contributed by atoms with Crippen LogP contribution in [0.5, 0.6) is 5.88 Å². The highest BCUT2D eigenvalue weighted by Gasteiger charge is 2.49. The largest absolute Gasteiger partial charge is 0.478 e. The smallest absolute Gasteiger partial charge is 0.335 e. The zero-order chi connectivity index (χ0) is 27.1. The van der Waals surface area contributed by atoms with Gasteiger partial charge >= 0.3 is 5.97 Å². The molecule has 0 bridgehead atoms. The molecule has 0 amide bonds. The average Bonchev–Trinajstić information content (AvgIpc) is 2.80. The molecule has 0 radical (unpaired) electrons. The van der Waals surface area contributed by atoms with Gasteiger partial charge in [0, 0.05) is 17.7 Å². The zero-order valence-electron chi connectivity index (χ0n) is 21.5. The number of nitrogens with two attached hydrogens (primary N) is 1. The van der Waals surface area contributed by atoms with Gasteiger partial charge in [0.1, 0.15) is 6.61 Å². The molecule has 38 heavy (non-hydrogen) atoms. The van der Waals surface area contributed by atoms with Crippen molar-refractivity contribution < 1.29 is 23.1 Å². The minimum absolute atomic E-state index is 0.140. The van der Waals surface area contributed by atoms with E-state index in [9.17, 15) is 18.3 Å². The third-order valence-electron chi connectivity index (χ3n) is 7.89. The van der Waals surface area contributed by atoms with Gasteiger partial charge in [0.25, 0.3) is 10.0 Å². The van der Waals surface area contributed by atoms with E-state index in [1.807, 2.05) is 32.0 Å². The van der Waals surface area contributed by atoms with Gasteiger partial charge in [0.05, 0.1) is 16.2 Å². The molecule has 9 nitrogen and oxygen atoms in total. The van der Waals surface area contributed by atoms with Crippen molar-refractivity contribution in [3.63, 3.8) is 0 Å². The number of hydrogen-bond acceptors (Lipinski definition) is 7. The highest BCUT2D eigenvalue weighted by molar-refractivity contribution is 7.92. The van der Waals surface area contributed by atoms with Gasteiger partial charge in [0.2, 0.25) is 11.8 Å². The van der Waals surface area contributed by atoms with Crippen molar-refractivity contribution in [3.8, 4) is 17.1 Å². The first-order valence-corrected chi connectivity index (χ1v) is 14.2. The molecule has 1 atom stereocenters. The molecule has 0 aliphatic heterocycles. The lowest BCUT2D eigenvalue weighted by atomic mass is 9.50. The summed E-state index contributed by atoms with van der Waals surface area (Å²) in [6.45, 7) is 4.17. The third kappa shape index (κ3) is 5.23. The molecule has 200 valence electrons. The molecule has 1 spiro atoms. The second-order valence-corrected chi connectivity index (χ2v) is 12.3. The second-order valence-electron chi connectivity index (χ2n) is 10.6. The molecular formula is C28H32N4O5S. The van der Waals surface area contributed by atoms with E-state index in [0.29, 0.717) is 17.0 Å². The number of aromatic nitrogens is 2. The van der Waals surface area contributed by atoms with Crippen molar-refractivity contribution in [2.24, 2.45) is 17.1 Å². The second kappa shape index (κ2) is 9.99. The Balaban J connectivity index is 1.42. The van der Waals surface area contributed by atoms with Crippen LogP contribution in [0.15, 0.2) is 53.4 Å². The van der Waals surface area contributed by atoms with Gasteiger partial charge < -0.3 is 15.6 Å². The fraction of sp³-hybridized carbons (Fsp3) is 0.393. The number of nitrogens with one attached hydrogen (secondary N) is 1. The van der Waals surface area contributed by atoms with Crippen LogP contribution in [0, 0.1) is 25.2 Å². The Bertz CT molecular complexity index is 1460. The molecule has 2 aliphatic carbocycles. The Labute approximate surface area is 222 Å². The molecule has 1 unspecified atom stereocenters. The van der Waals surface area contributed by atoms with E-state index in [2.05, 4.69) is 14.7 Å². The Hall–Kier alpha value is -3.50. The molecule has 1 heterocycles. The van der Waals surface area contributed by atoms with Gasteiger partial charge in [-0.05, 0) is 80.2 Å². The van der Waals surface area contributed by atoms with Crippen LogP contribution in [0.1, 0.15) is 53.6 Å². The summed E-state index contributed by atoms with van der Waals surface area (Å²) in [7, 11) is -4.17. The van der Waals surface area contributed by atoms with Crippen LogP contribution < -0.4 is 15.2 Å². The highest BCUT2D eigenvalue weighted by atomic mass is 32.2. The molecule has 10 heteroatoms. The van der Waals surface area contributed by atoms with Gasteiger partial charge in [-0.3, -0.25) is 0 Å². The quantitative estimate of drug-likeness (QED) is 0.361. The molecule has 5 rings (SSSR count). The number of ether oxygens (including phenoxy) is 1. The fourth-order valence-corrected chi connectivity index (χ4v) is 6.61. The number of carbonyl (C=O) groups is 1. The third-order valence-corrected chi connectivity index (χ3v) is 9.22. The summed E-state index contributed by atoms with van der Waals surface area (Å²) in [5.74, 6) is -0.777. The summed E-state index contributed by atoms with van der Waals surface area (Å²) in [5, 5.41) is 9.26. The van der Waals surface area contributed by atoms with E-state index >= 15 is 0 Å². The van der Waals surface area contributed by atoms with E-state index in [1.54, 1.807) is 6.07 Å². The van der Waals surface area contributed by atoms with E-state index < -0.39 is 16.0 Å². The molecule has 3 aromatic rings. The molecular weight excluding hydrogens is 504 g/mol. The summed E-state index contributed by atoms with van der Waals surface area (Å²) >= 11 is 0. The molecule has 2 aromatic carbocycles. The Morgan fingerprint density at radius 3 is 2.45 bits per heavy atom. The van der Waals surface area contributed by atoms with Crippen molar-refractivity contribution in [1.29, 1.82) is 0 Å². The number of sulfonamides is 1. The Morgan fingerprint density at radius 1 is 1.13 bits per heavy atom. The van der Waals surface area contributed by atoms with Crippen LogP contribution in [-0.2, 0) is 10.0 Å². The van der Waals surface area contributed by atoms with Gasteiger partial charge in [-0.1, -0.05) is 30.7 Å². The molecule has 4 N–H and O–H groups in total. The van der Waals surface area contributed by atoms with Crippen LogP contribution in [0.25, 0.3) is 11.3 Å². The Morgan fingerprint density at radius 2 is 1.82 bits per heavy atom. The maximum absolute atomic E-state index is 13.1. The lowest BCUT2D eigenvalue weighted by Crippen LogP contribution is -2.51. The topological polar surface area (TPSA) is 144 Å². The van der Waals surface area contributed by atoms with E-state index in [1.165, 1.54) is 37.5 Å². The number of anilines is 1. The van der Waals surface area contributed by atoms with E-state index in [0.717, 1.165) is 35.6 Å². The standard InChI is InChI=1S/C28H32N4O5S/c1-17-6-3-7-18(2)25(17)23-13-24(37-16-22(29)20-14-28(15-20)10-5-11-28)31-27(30-23)32-38(35,36)21-9-4-8-19(12-21)26(33)34/h3-4,6-9,12-13,20,22H,5,10-11,14-16,29H2,1-2H3,(H,33,34)(H,30,31,32). The van der Waals surface area contributed by atoms with Gasteiger partial charge in [-0.25, -0.2) is 22.9 Å². The number of aromatic carboxylic acids is 1. The maximum atomic E-state index is 13.1. The van der Waals surface area contributed by atoms with E-state index in [-0.39, 0.29) is 34.9 Å². The zero-order valence-corrected chi connectivity index (χ0v) is 22.3. The van der Waals surface area contributed by atoms with Gasteiger partial charge in [-0.2, -0.15) is 4.98 Å². The Kier molecular flexibility index (Phi) is 6.87. The normalized spacial score (nSPS) is 17.3. The summed E-state index contributed by atoms with van der Waals surface area (Å²) < 4.78 is 34.6. The minimum atomic E-state index is -4.17. The molecule has 2 saturated carbocycles. The number of carboxylic acids is 1. The predicted molar refractivity (Wildman–Crippen MR) is 144 cm³/mol. The summed E-state index contributed by atoms with van der Waals surface area (Å²) in [4.78, 5) is 19.9. The maximum Gasteiger partial charge on any atom is 0.335 e. The number of aryl methyl sites for hydroxylation is 2. The SMILES string of the molecule is Cc1cccc(C)c1-c1cc(OCC(N)C2CC3(CCC3)C2)nc(NS(=O)(=O)c2cccc(C(=O)O)c2)n1. The monoisotopic (exact) mass is 536 g/mol. The predicted octanol–water partition coefficient (Wildman–Crippen LogP) is 4.55. The van der Waals surface area contributed by atoms with Crippen LogP contribution >= 0.6 is 0 Å². The first kappa shape index (κ1) is 26.1. The minimum Gasteiger partial charge on any atom is -0.478 e. The van der Waals surface area contributed by atoms with Crippen molar-refractivity contribution >= 4 is 21.9 Å². The first-order chi connectivity index (χ1) is 18.1. The highest BCUT2D eigenvalue weighted by Crippen LogP contribution is 2.59. The van der Waals surface area contributed by atoms with Gasteiger partial charge in [-0.15, -0.1) is 0 Å². The fourth-order valence-electron chi connectivity index (χ4n) is 5.62. The number of nitrogens with zero attached hydrogens (tertiary/aromatic N) is 2. The summed E-state index contributed by atoms with van der Waals surface area (Å²) in [5.41, 5.74) is 10.1. The summed E-state index contributed by atoms with van der Waals surface area (Å²) in [6.07, 6.45) is 6.16. The number of benzene rings is 2. The van der Waals surface area contributed by atoms with Crippen LogP contribution in [0.4, 0.5) is 5.95 Å². The lowest BCUT2D eigenvalue weighted by molar-refractivity contribution is -0.0402. The summed E-state index contributed by atoms with van der Waals surface area (Å²) in [6, 6.07) is 12.5. The first-order valence-electron chi connectivity index (χ1n) is 12.8. The van der Waals surface area contributed by atoms with Crippen molar-refractivity contribution in [2.75, 3.05) is 11.3 Å². The molecule has 0 saturated heterocycles. The lowest BCUT2D eigenvalue weighted by Gasteiger charge is -2.55. The van der Waals surface area contributed by atoms with E-state index in [4.69, 9.17) is 10.5 Å². The van der Waals surface area contributed by atoms with Crippen molar-refractivity contribution in [1.82, 2.24) is 9.97 Å². The van der Waals surface area contributed by atoms with Crippen LogP contribution in [-0.4, -0.2) is 42.1 Å². The number of hydrogen-bond donors (Lipinski definition) is 3. The molecule has 2 aliphatic rings. The van der Waals surface area contributed by atoms with Crippen LogP contribution in [0.2, 0.25) is 0 Å². The average molecular weight is 537 g/mol. The van der Waals surface area contributed by atoms with Gasteiger partial charge in [0.15, 0.2) is 0 Å². The van der Waals surface area contributed by atoms with Crippen molar-refractivity contribution in [2.45, 2.75) is 56.9 Å². The van der Waals surface area contributed by atoms with Crippen LogP contribution in [0.3, 0.4) is 0 Å². The molecule has 2 fully saturated rings. The van der Waals surface area contributed by atoms with Crippen molar-refractivity contribution in [3.05, 3.63) is 65.2 Å². The molecule has 1 aromatic heterocycles. The number of rotatable bonds is 9. The number of carboxylic acid groups (broad SMARTS) is 1.